The average molecular weight is 186 g/mol. The van der Waals surface area contributed by atoms with Gasteiger partial charge < -0.3 is 4.74 Å². The summed E-state index contributed by atoms with van der Waals surface area (Å²) in [6, 6.07) is 0.385. The Bertz CT molecular complexity index is 128. The molecule has 0 spiro atoms. The first kappa shape index (κ1) is 12.6. The Morgan fingerprint density at radius 2 is 2.15 bits per heavy atom. The molecule has 3 heteroatoms. The third kappa shape index (κ3) is 6.75. The van der Waals surface area contributed by atoms with Crippen molar-refractivity contribution >= 4 is 0 Å². The summed E-state index contributed by atoms with van der Waals surface area (Å²) in [4.78, 5) is 0. The molecule has 0 saturated heterocycles. The van der Waals surface area contributed by atoms with Crippen LogP contribution in [0.2, 0.25) is 0 Å². The van der Waals surface area contributed by atoms with E-state index in [-0.39, 0.29) is 0 Å². The van der Waals surface area contributed by atoms with Crippen molar-refractivity contribution < 1.29 is 4.74 Å². The van der Waals surface area contributed by atoms with E-state index in [1.54, 1.807) is 7.11 Å². The van der Waals surface area contributed by atoms with Crippen LogP contribution >= 0.6 is 0 Å². The molecular weight excluding hydrogens is 164 g/mol. The van der Waals surface area contributed by atoms with E-state index in [9.17, 15) is 0 Å². The fraction of sp³-hybridized carbons (Fsp3) is 0.800. The zero-order chi connectivity index (χ0) is 10.1. The van der Waals surface area contributed by atoms with Crippen molar-refractivity contribution in [2.45, 2.75) is 44.8 Å². The number of hydrogen-bond donors (Lipinski definition) is 2. The second-order valence-corrected chi connectivity index (χ2v) is 3.35. The summed E-state index contributed by atoms with van der Waals surface area (Å²) in [6.45, 7) is 5.76. The van der Waals surface area contributed by atoms with Crippen molar-refractivity contribution in [2.24, 2.45) is 5.84 Å². The standard InChI is InChI=1S/C10H22N2O/c1-4-5-6-10(12-11)8-7-9(2)13-3/h4,9-10,12H,1,5-8,11H2,2-3H3. The Morgan fingerprint density at radius 3 is 2.62 bits per heavy atom. The first-order chi connectivity index (χ1) is 6.24. The summed E-state index contributed by atoms with van der Waals surface area (Å²) >= 11 is 0. The largest absolute Gasteiger partial charge is 0.382 e. The molecule has 13 heavy (non-hydrogen) atoms. The summed E-state index contributed by atoms with van der Waals surface area (Å²) in [5.41, 5.74) is 2.81. The molecule has 0 fully saturated rings. The van der Waals surface area contributed by atoms with Crippen molar-refractivity contribution in [3.8, 4) is 0 Å². The third-order valence-electron chi connectivity index (χ3n) is 2.28. The van der Waals surface area contributed by atoms with Crippen molar-refractivity contribution in [1.82, 2.24) is 5.43 Å². The molecule has 0 rings (SSSR count). The highest BCUT2D eigenvalue weighted by Crippen LogP contribution is 2.08. The van der Waals surface area contributed by atoms with E-state index in [0.29, 0.717) is 12.1 Å². The lowest BCUT2D eigenvalue weighted by molar-refractivity contribution is 0.105. The van der Waals surface area contributed by atoms with Crippen LogP contribution in [0.15, 0.2) is 12.7 Å². The summed E-state index contributed by atoms with van der Waals surface area (Å²) in [7, 11) is 1.74. The molecule has 2 unspecified atom stereocenters. The van der Waals surface area contributed by atoms with Gasteiger partial charge in [-0.3, -0.25) is 11.3 Å². The molecule has 0 amide bonds. The Balaban J connectivity index is 3.52. The molecular formula is C10H22N2O. The van der Waals surface area contributed by atoms with E-state index in [1.165, 1.54) is 0 Å². The van der Waals surface area contributed by atoms with E-state index in [0.717, 1.165) is 25.7 Å². The summed E-state index contributed by atoms with van der Waals surface area (Å²) < 4.78 is 5.16. The maximum Gasteiger partial charge on any atom is 0.0543 e. The molecule has 78 valence electrons. The van der Waals surface area contributed by atoms with Crippen LogP contribution in [-0.4, -0.2) is 19.3 Å². The van der Waals surface area contributed by atoms with Gasteiger partial charge >= 0.3 is 0 Å². The van der Waals surface area contributed by atoms with Gasteiger partial charge in [0.1, 0.15) is 0 Å². The molecule has 0 bridgehead atoms. The second kappa shape index (κ2) is 8.23. The molecule has 0 aromatic rings. The van der Waals surface area contributed by atoms with Gasteiger partial charge in [0.25, 0.3) is 0 Å². The van der Waals surface area contributed by atoms with Gasteiger partial charge in [-0.15, -0.1) is 6.58 Å². The molecule has 0 aliphatic carbocycles. The van der Waals surface area contributed by atoms with Crippen LogP contribution in [-0.2, 0) is 4.74 Å². The lowest BCUT2D eigenvalue weighted by atomic mass is 10.0. The second-order valence-electron chi connectivity index (χ2n) is 3.35. The lowest BCUT2D eigenvalue weighted by Gasteiger charge is -2.16. The smallest absolute Gasteiger partial charge is 0.0543 e. The predicted octanol–water partition coefficient (Wildman–Crippen LogP) is 1.60. The fourth-order valence-corrected chi connectivity index (χ4v) is 1.18. The molecule has 0 aliphatic heterocycles. The highest BCUT2D eigenvalue weighted by Gasteiger charge is 2.07. The van der Waals surface area contributed by atoms with Crippen LogP contribution in [0.1, 0.15) is 32.6 Å². The first-order valence-corrected chi connectivity index (χ1v) is 4.84. The van der Waals surface area contributed by atoms with E-state index in [1.807, 2.05) is 6.08 Å². The zero-order valence-electron chi connectivity index (χ0n) is 8.75. The van der Waals surface area contributed by atoms with Crippen LogP contribution in [0.4, 0.5) is 0 Å². The number of nitrogens with two attached hydrogens (primary N) is 1. The van der Waals surface area contributed by atoms with Gasteiger partial charge in [-0.2, -0.15) is 0 Å². The van der Waals surface area contributed by atoms with E-state index in [4.69, 9.17) is 10.6 Å². The van der Waals surface area contributed by atoms with Gasteiger partial charge in [0, 0.05) is 13.2 Å². The predicted molar refractivity (Wildman–Crippen MR) is 56.2 cm³/mol. The normalized spacial score (nSPS) is 15.3. The number of allylic oxidation sites excluding steroid dienone is 1. The third-order valence-corrected chi connectivity index (χ3v) is 2.28. The molecule has 0 aromatic heterocycles. The Kier molecular flexibility index (Phi) is 7.99. The SMILES string of the molecule is C=CCCC(CCC(C)OC)NN. The van der Waals surface area contributed by atoms with Gasteiger partial charge in [0.15, 0.2) is 0 Å². The van der Waals surface area contributed by atoms with Crippen LogP contribution in [0.5, 0.6) is 0 Å². The molecule has 3 N–H and O–H groups in total. The number of methoxy groups -OCH3 is 1. The average Bonchev–Trinajstić information content (AvgIpc) is 2.17. The van der Waals surface area contributed by atoms with Crippen LogP contribution in [0, 0.1) is 0 Å². The lowest BCUT2D eigenvalue weighted by Crippen LogP contribution is -2.35. The summed E-state index contributed by atoms with van der Waals surface area (Å²) in [5.74, 6) is 5.42. The molecule has 0 aromatic carbocycles. The molecule has 0 heterocycles. The molecule has 2 atom stereocenters. The minimum absolute atomic E-state index is 0.319. The van der Waals surface area contributed by atoms with Gasteiger partial charge in [-0.1, -0.05) is 6.08 Å². The summed E-state index contributed by atoms with van der Waals surface area (Å²) in [6.07, 6.45) is 6.40. The van der Waals surface area contributed by atoms with Crippen molar-refractivity contribution in [2.75, 3.05) is 7.11 Å². The monoisotopic (exact) mass is 186 g/mol. The first-order valence-electron chi connectivity index (χ1n) is 4.84. The number of ether oxygens (including phenoxy) is 1. The highest BCUT2D eigenvalue weighted by molar-refractivity contribution is 4.73. The minimum atomic E-state index is 0.319. The van der Waals surface area contributed by atoms with Crippen LogP contribution in [0.3, 0.4) is 0 Å². The van der Waals surface area contributed by atoms with Crippen molar-refractivity contribution in [3.05, 3.63) is 12.7 Å². The number of hydrogen-bond acceptors (Lipinski definition) is 3. The fourth-order valence-electron chi connectivity index (χ4n) is 1.18. The highest BCUT2D eigenvalue weighted by atomic mass is 16.5. The Hall–Kier alpha value is -0.380. The number of hydrazine groups is 1. The number of rotatable bonds is 8. The van der Waals surface area contributed by atoms with Crippen LogP contribution in [0.25, 0.3) is 0 Å². The Labute approximate surface area is 81.3 Å². The van der Waals surface area contributed by atoms with E-state index in [2.05, 4.69) is 18.9 Å². The Morgan fingerprint density at radius 1 is 1.46 bits per heavy atom. The molecule has 3 nitrogen and oxygen atoms in total. The quantitative estimate of drug-likeness (QED) is 0.344. The van der Waals surface area contributed by atoms with Gasteiger partial charge in [-0.25, -0.2) is 0 Å². The van der Waals surface area contributed by atoms with Crippen molar-refractivity contribution in [3.63, 3.8) is 0 Å². The maximum absolute atomic E-state index is 5.42. The maximum atomic E-state index is 5.42. The topological polar surface area (TPSA) is 47.3 Å². The van der Waals surface area contributed by atoms with Gasteiger partial charge in [0.2, 0.25) is 0 Å². The summed E-state index contributed by atoms with van der Waals surface area (Å²) in [5, 5.41) is 0. The molecule has 0 radical (unpaired) electrons. The van der Waals surface area contributed by atoms with Gasteiger partial charge in [-0.05, 0) is 32.6 Å². The van der Waals surface area contributed by atoms with E-state index < -0.39 is 0 Å². The van der Waals surface area contributed by atoms with Crippen LogP contribution < -0.4 is 11.3 Å². The van der Waals surface area contributed by atoms with E-state index >= 15 is 0 Å². The van der Waals surface area contributed by atoms with Gasteiger partial charge in [0.05, 0.1) is 6.10 Å². The molecule has 0 saturated carbocycles. The molecule has 0 aliphatic rings. The minimum Gasteiger partial charge on any atom is -0.382 e. The zero-order valence-corrected chi connectivity index (χ0v) is 8.75. The van der Waals surface area contributed by atoms with Crippen molar-refractivity contribution in [1.29, 1.82) is 0 Å². The number of nitrogens with one attached hydrogen (secondary N) is 1.